The van der Waals surface area contributed by atoms with Crippen LogP contribution in [-0.2, 0) is 13.0 Å². The number of nitrogens with zero attached hydrogens (tertiary/aromatic N) is 4. The fraction of sp³-hybridized carbons (Fsp3) is 0.174. The molecule has 0 saturated carbocycles. The Balaban J connectivity index is 1.38. The van der Waals surface area contributed by atoms with Crippen molar-refractivity contribution in [2.24, 2.45) is 0 Å². The van der Waals surface area contributed by atoms with Crippen molar-refractivity contribution in [3.63, 3.8) is 0 Å². The van der Waals surface area contributed by atoms with Crippen molar-refractivity contribution in [2.45, 2.75) is 19.4 Å². The maximum absolute atomic E-state index is 6.76. The Bertz CT molecular complexity index is 1210. The third kappa shape index (κ3) is 3.64. The van der Waals surface area contributed by atoms with Gasteiger partial charge in [0, 0.05) is 11.1 Å². The van der Waals surface area contributed by atoms with Gasteiger partial charge in [0.25, 0.3) is 0 Å². The van der Waals surface area contributed by atoms with Crippen LogP contribution in [0.5, 0.6) is 5.75 Å². The molecule has 0 fully saturated rings. The molecule has 0 unspecified atom stereocenters. The van der Waals surface area contributed by atoms with Crippen molar-refractivity contribution < 1.29 is 4.74 Å². The van der Waals surface area contributed by atoms with Gasteiger partial charge in [0.15, 0.2) is 0 Å². The number of thiophene rings is 1. The first-order chi connectivity index (χ1) is 14.7. The smallest absolute Gasteiger partial charge is 0.118 e. The topological polar surface area (TPSA) is 52.8 Å². The van der Waals surface area contributed by atoms with Crippen LogP contribution in [0.25, 0.3) is 26.9 Å². The molecular formula is C23H19ClN4OS. The summed E-state index contributed by atoms with van der Waals surface area (Å²) in [5.74, 6) is 0.819. The summed E-state index contributed by atoms with van der Waals surface area (Å²) in [5.41, 5.74) is 6.08. The van der Waals surface area contributed by atoms with Crippen LogP contribution in [0.15, 0.2) is 65.7 Å². The molecule has 0 amide bonds. The molecule has 150 valence electrons. The van der Waals surface area contributed by atoms with E-state index < -0.39 is 0 Å². The summed E-state index contributed by atoms with van der Waals surface area (Å²) in [6.45, 7) is 0.619. The number of methoxy groups -OCH3 is 1. The summed E-state index contributed by atoms with van der Waals surface area (Å²) in [6, 6.07) is 16.1. The summed E-state index contributed by atoms with van der Waals surface area (Å²) in [4.78, 5) is 6.03. The van der Waals surface area contributed by atoms with Crippen LogP contribution in [-0.4, -0.2) is 27.1 Å². The summed E-state index contributed by atoms with van der Waals surface area (Å²) in [5, 5.41) is 11.5. The molecule has 0 saturated heterocycles. The standard InChI is InChI=1S/C23H19ClN4OS/c1-29-17-7-4-15(5-8-17)21-14-28(27-26-21)13-16-6-10-19-18(23(16)24)9-11-20(25-19)22-3-2-12-30-22/h2-5,7-9,11-12,14H,6,10,13H2,1H3. The van der Waals surface area contributed by atoms with E-state index in [0.717, 1.165) is 57.4 Å². The number of pyridine rings is 1. The maximum atomic E-state index is 6.76. The average molecular weight is 435 g/mol. The van der Waals surface area contributed by atoms with Gasteiger partial charge in [-0.3, -0.25) is 4.98 Å². The fourth-order valence-electron chi connectivity index (χ4n) is 3.64. The first kappa shape index (κ1) is 19.0. The van der Waals surface area contributed by atoms with Gasteiger partial charge in [-0.25, -0.2) is 4.68 Å². The fourth-order valence-corrected chi connectivity index (χ4v) is 4.66. The molecule has 5 rings (SSSR count). The molecule has 5 nitrogen and oxygen atoms in total. The monoisotopic (exact) mass is 434 g/mol. The lowest BCUT2D eigenvalue weighted by molar-refractivity contribution is 0.415. The SMILES string of the molecule is COc1ccc(-c2cn(CC3=C(Cl)c4ccc(-c5cccs5)nc4CC3)nn2)cc1. The van der Waals surface area contributed by atoms with Gasteiger partial charge in [0.1, 0.15) is 11.4 Å². The Hall–Kier alpha value is -2.96. The zero-order chi connectivity index (χ0) is 20.5. The van der Waals surface area contributed by atoms with Crippen LogP contribution in [0.3, 0.4) is 0 Å². The highest BCUT2D eigenvalue weighted by atomic mass is 35.5. The van der Waals surface area contributed by atoms with Gasteiger partial charge < -0.3 is 4.74 Å². The van der Waals surface area contributed by atoms with Gasteiger partial charge in [-0.15, -0.1) is 16.4 Å². The van der Waals surface area contributed by atoms with E-state index in [0.29, 0.717) is 6.54 Å². The molecule has 1 aliphatic rings. The van der Waals surface area contributed by atoms with Gasteiger partial charge in [-0.2, -0.15) is 0 Å². The Kier molecular flexibility index (Phi) is 5.11. The molecule has 3 aromatic heterocycles. The minimum atomic E-state index is 0.619. The van der Waals surface area contributed by atoms with E-state index in [1.807, 2.05) is 47.3 Å². The molecule has 0 radical (unpaired) electrons. The predicted molar refractivity (Wildman–Crippen MR) is 121 cm³/mol. The van der Waals surface area contributed by atoms with Crippen LogP contribution < -0.4 is 4.74 Å². The molecule has 0 bridgehead atoms. The summed E-state index contributed by atoms with van der Waals surface area (Å²) in [7, 11) is 1.66. The van der Waals surface area contributed by atoms with Crippen LogP contribution >= 0.6 is 22.9 Å². The van der Waals surface area contributed by atoms with E-state index in [-0.39, 0.29) is 0 Å². The zero-order valence-corrected chi connectivity index (χ0v) is 18.0. The normalized spacial score (nSPS) is 13.4. The number of aromatic nitrogens is 4. The Morgan fingerprint density at radius 2 is 1.93 bits per heavy atom. The van der Waals surface area contributed by atoms with E-state index in [9.17, 15) is 0 Å². The molecular weight excluding hydrogens is 416 g/mol. The first-order valence-electron chi connectivity index (χ1n) is 9.67. The van der Waals surface area contributed by atoms with Crippen molar-refractivity contribution in [3.8, 4) is 27.6 Å². The number of allylic oxidation sites excluding steroid dienone is 1. The minimum Gasteiger partial charge on any atom is -0.497 e. The minimum absolute atomic E-state index is 0.619. The van der Waals surface area contributed by atoms with Gasteiger partial charge in [-0.05, 0) is 66.3 Å². The number of halogens is 1. The number of hydrogen-bond acceptors (Lipinski definition) is 5. The van der Waals surface area contributed by atoms with E-state index in [4.69, 9.17) is 21.3 Å². The van der Waals surface area contributed by atoms with Crippen LogP contribution in [0.4, 0.5) is 0 Å². The van der Waals surface area contributed by atoms with Crippen molar-refractivity contribution in [3.05, 3.63) is 76.9 Å². The number of aryl methyl sites for hydroxylation is 1. The lowest BCUT2D eigenvalue weighted by atomic mass is 9.95. The van der Waals surface area contributed by atoms with E-state index in [2.05, 4.69) is 27.8 Å². The van der Waals surface area contributed by atoms with Gasteiger partial charge in [0.2, 0.25) is 0 Å². The van der Waals surface area contributed by atoms with E-state index in [1.165, 1.54) is 4.88 Å². The highest BCUT2D eigenvalue weighted by Crippen LogP contribution is 2.36. The quantitative estimate of drug-likeness (QED) is 0.406. The molecule has 7 heteroatoms. The number of fused-ring (bicyclic) bond motifs is 1. The van der Waals surface area contributed by atoms with Crippen LogP contribution in [0.2, 0.25) is 0 Å². The first-order valence-corrected chi connectivity index (χ1v) is 10.9. The molecule has 0 N–H and O–H groups in total. The number of benzene rings is 1. The molecule has 4 aromatic rings. The van der Waals surface area contributed by atoms with Crippen molar-refractivity contribution in [1.82, 2.24) is 20.0 Å². The third-order valence-electron chi connectivity index (χ3n) is 5.24. The summed E-state index contributed by atoms with van der Waals surface area (Å²) >= 11 is 8.46. The van der Waals surface area contributed by atoms with Gasteiger partial charge in [0.05, 0.1) is 41.1 Å². The molecule has 3 heterocycles. The van der Waals surface area contributed by atoms with Crippen LogP contribution in [0, 0.1) is 0 Å². The molecule has 0 aliphatic heterocycles. The highest BCUT2D eigenvalue weighted by molar-refractivity contribution is 7.13. The van der Waals surface area contributed by atoms with Gasteiger partial charge >= 0.3 is 0 Å². The van der Waals surface area contributed by atoms with E-state index in [1.54, 1.807) is 18.4 Å². The molecule has 30 heavy (non-hydrogen) atoms. The molecule has 0 atom stereocenters. The van der Waals surface area contributed by atoms with Crippen molar-refractivity contribution in [1.29, 1.82) is 0 Å². The Morgan fingerprint density at radius 3 is 2.70 bits per heavy atom. The highest BCUT2D eigenvalue weighted by Gasteiger charge is 2.20. The Morgan fingerprint density at radius 1 is 1.07 bits per heavy atom. The number of ether oxygens (including phenoxy) is 1. The van der Waals surface area contributed by atoms with Crippen LogP contribution in [0.1, 0.15) is 17.7 Å². The molecule has 1 aliphatic carbocycles. The average Bonchev–Trinajstić information content (AvgIpc) is 3.48. The number of hydrogen-bond donors (Lipinski definition) is 0. The molecule has 1 aromatic carbocycles. The zero-order valence-electron chi connectivity index (χ0n) is 16.4. The lowest BCUT2D eigenvalue weighted by Gasteiger charge is -2.19. The third-order valence-corrected chi connectivity index (χ3v) is 6.60. The second kappa shape index (κ2) is 8.05. The van der Waals surface area contributed by atoms with E-state index >= 15 is 0 Å². The summed E-state index contributed by atoms with van der Waals surface area (Å²) < 4.78 is 7.06. The predicted octanol–water partition coefficient (Wildman–Crippen LogP) is 5.67. The lowest BCUT2D eigenvalue weighted by Crippen LogP contribution is -2.10. The van der Waals surface area contributed by atoms with Crippen molar-refractivity contribution >= 4 is 28.0 Å². The second-order valence-corrected chi connectivity index (χ2v) is 8.44. The maximum Gasteiger partial charge on any atom is 0.118 e. The van der Waals surface area contributed by atoms with Crippen molar-refractivity contribution in [2.75, 3.05) is 7.11 Å². The number of rotatable bonds is 5. The summed E-state index contributed by atoms with van der Waals surface area (Å²) in [6.07, 6.45) is 3.69. The largest absolute Gasteiger partial charge is 0.497 e. The van der Waals surface area contributed by atoms with Gasteiger partial charge in [-0.1, -0.05) is 22.9 Å². The second-order valence-electron chi connectivity index (χ2n) is 7.12. The molecule has 0 spiro atoms. The Labute approximate surface area is 183 Å².